The van der Waals surface area contributed by atoms with Crippen LogP contribution in [0.1, 0.15) is 12.0 Å². The molecule has 80 valence electrons. The third-order valence-electron chi connectivity index (χ3n) is 2.55. The lowest BCUT2D eigenvalue weighted by Crippen LogP contribution is -2.29. The van der Waals surface area contributed by atoms with E-state index in [1.807, 2.05) is 18.2 Å². The van der Waals surface area contributed by atoms with Crippen molar-refractivity contribution in [2.75, 3.05) is 13.1 Å². The van der Waals surface area contributed by atoms with Crippen molar-refractivity contribution < 1.29 is 4.39 Å². The zero-order valence-electron chi connectivity index (χ0n) is 8.42. The Morgan fingerprint density at radius 1 is 1.27 bits per heavy atom. The van der Waals surface area contributed by atoms with Crippen LogP contribution in [0.2, 0.25) is 0 Å². The van der Waals surface area contributed by atoms with Gasteiger partial charge >= 0.3 is 0 Å². The number of rotatable bonds is 2. The van der Waals surface area contributed by atoms with Crippen molar-refractivity contribution in [3.05, 3.63) is 46.2 Å². The molecular formula is C12H13BrFN. The van der Waals surface area contributed by atoms with Gasteiger partial charge in [-0.15, -0.1) is 0 Å². The van der Waals surface area contributed by atoms with Crippen molar-refractivity contribution in [3.63, 3.8) is 0 Å². The Bertz CT molecular complexity index is 361. The first-order valence-electron chi connectivity index (χ1n) is 5.05. The predicted molar refractivity (Wildman–Crippen MR) is 63.4 cm³/mol. The Labute approximate surface area is 97.7 Å². The van der Waals surface area contributed by atoms with E-state index in [4.69, 9.17) is 0 Å². The molecule has 0 bridgehead atoms. The van der Waals surface area contributed by atoms with E-state index in [0.717, 1.165) is 13.1 Å². The maximum Gasteiger partial charge on any atom is 0.113 e. The summed E-state index contributed by atoms with van der Waals surface area (Å²) < 4.78 is 13.8. The van der Waals surface area contributed by atoms with Crippen molar-refractivity contribution in [1.82, 2.24) is 4.90 Å². The minimum atomic E-state index is -0.000637. The van der Waals surface area contributed by atoms with E-state index in [1.165, 1.54) is 5.56 Å². The standard InChI is InChI=1S/C12H13BrFN/c13-11-9-15(7-6-12(11)14)8-10-4-2-1-3-5-10/h1-5H,6-9H2. The molecule has 0 atom stereocenters. The van der Waals surface area contributed by atoms with E-state index in [2.05, 4.69) is 33.0 Å². The quantitative estimate of drug-likeness (QED) is 0.795. The molecule has 1 nitrogen and oxygen atoms in total. The van der Waals surface area contributed by atoms with Crippen LogP contribution in [0, 0.1) is 0 Å². The SMILES string of the molecule is FC1=C(Br)CN(Cc2ccccc2)CC1. The van der Waals surface area contributed by atoms with Crippen molar-refractivity contribution in [3.8, 4) is 0 Å². The van der Waals surface area contributed by atoms with Gasteiger partial charge in [-0.05, 0) is 5.56 Å². The Morgan fingerprint density at radius 2 is 2.00 bits per heavy atom. The van der Waals surface area contributed by atoms with Gasteiger partial charge in [-0.2, -0.15) is 0 Å². The van der Waals surface area contributed by atoms with Gasteiger partial charge in [0.05, 0.1) is 0 Å². The van der Waals surface area contributed by atoms with Crippen LogP contribution in [0.25, 0.3) is 0 Å². The zero-order valence-corrected chi connectivity index (χ0v) is 10.0. The average molecular weight is 270 g/mol. The van der Waals surface area contributed by atoms with Crippen LogP contribution in [-0.2, 0) is 6.54 Å². The van der Waals surface area contributed by atoms with Crippen LogP contribution in [-0.4, -0.2) is 18.0 Å². The first kappa shape index (κ1) is 10.8. The fourth-order valence-electron chi connectivity index (χ4n) is 1.73. The van der Waals surface area contributed by atoms with E-state index in [1.54, 1.807) is 0 Å². The second-order valence-electron chi connectivity index (χ2n) is 3.76. The fourth-order valence-corrected chi connectivity index (χ4v) is 2.28. The Kier molecular flexibility index (Phi) is 3.54. The molecule has 0 unspecified atom stereocenters. The van der Waals surface area contributed by atoms with Crippen molar-refractivity contribution in [2.45, 2.75) is 13.0 Å². The molecule has 0 N–H and O–H groups in total. The second kappa shape index (κ2) is 4.90. The molecule has 2 rings (SSSR count). The van der Waals surface area contributed by atoms with Gasteiger partial charge in [0.25, 0.3) is 0 Å². The fraction of sp³-hybridized carbons (Fsp3) is 0.333. The molecule has 0 saturated carbocycles. The molecule has 1 aliphatic rings. The molecular weight excluding hydrogens is 257 g/mol. The van der Waals surface area contributed by atoms with E-state index >= 15 is 0 Å². The number of benzene rings is 1. The van der Waals surface area contributed by atoms with Crippen LogP contribution in [0.15, 0.2) is 40.6 Å². The van der Waals surface area contributed by atoms with Gasteiger partial charge in [0.15, 0.2) is 0 Å². The summed E-state index contributed by atoms with van der Waals surface area (Å²) in [6, 6.07) is 10.3. The van der Waals surface area contributed by atoms with Gasteiger partial charge in [-0.3, -0.25) is 4.90 Å². The highest BCUT2D eigenvalue weighted by atomic mass is 79.9. The second-order valence-corrected chi connectivity index (χ2v) is 4.71. The monoisotopic (exact) mass is 269 g/mol. The maximum absolute atomic E-state index is 13.1. The summed E-state index contributed by atoms with van der Waals surface area (Å²) in [5.41, 5.74) is 1.28. The molecule has 1 aliphatic heterocycles. The van der Waals surface area contributed by atoms with Crippen LogP contribution >= 0.6 is 15.9 Å². The molecule has 0 saturated heterocycles. The lowest BCUT2D eigenvalue weighted by Gasteiger charge is -2.26. The third kappa shape index (κ3) is 2.89. The van der Waals surface area contributed by atoms with E-state index in [0.29, 0.717) is 17.4 Å². The van der Waals surface area contributed by atoms with Crippen LogP contribution in [0.4, 0.5) is 4.39 Å². The molecule has 3 heteroatoms. The largest absolute Gasteiger partial charge is 0.294 e. The summed E-state index contributed by atoms with van der Waals surface area (Å²) >= 11 is 3.27. The molecule has 15 heavy (non-hydrogen) atoms. The van der Waals surface area contributed by atoms with Gasteiger partial charge in [-0.1, -0.05) is 46.3 Å². The first-order chi connectivity index (χ1) is 7.25. The van der Waals surface area contributed by atoms with Crippen molar-refractivity contribution >= 4 is 15.9 Å². The van der Waals surface area contributed by atoms with Gasteiger partial charge in [0, 0.05) is 30.5 Å². The minimum absolute atomic E-state index is 0.000637. The molecule has 1 heterocycles. The van der Waals surface area contributed by atoms with Crippen molar-refractivity contribution in [2.24, 2.45) is 0 Å². The van der Waals surface area contributed by atoms with E-state index in [-0.39, 0.29) is 5.83 Å². The van der Waals surface area contributed by atoms with Crippen LogP contribution < -0.4 is 0 Å². The van der Waals surface area contributed by atoms with Gasteiger partial charge in [0.1, 0.15) is 5.83 Å². The number of hydrogen-bond acceptors (Lipinski definition) is 1. The van der Waals surface area contributed by atoms with E-state index < -0.39 is 0 Å². The number of hydrogen-bond donors (Lipinski definition) is 0. The highest BCUT2D eigenvalue weighted by Gasteiger charge is 2.16. The highest BCUT2D eigenvalue weighted by Crippen LogP contribution is 2.24. The first-order valence-corrected chi connectivity index (χ1v) is 5.84. The van der Waals surface area contributed by atoms with Gasteiger partial charge in [-0.25, -0.2) is 4.39 Å². The summed E-state index contributed by atoms with van der Waals surface area (Å²) in [7, 11) is 0. The average Bonchev–Trinajstić information content (AvgIpc) is 2.25. The molecule has 0 aromatic heterocycles. The number of nitrogens with zero attached hydrogens (tertiary/aromatic N) is 1. The molecule has 0 spiro atoms. The Balaban J connectivity index is 1.98. The third-order valence-corrected chi connectivity index (χ3v) is 3.23. The normalized spacial score (nSPS) is 18.3. The molecule has 1 aromatic rings. The van der Waals surface area contributed by atoms with Gasteiger partial charge in [0.2, 0.25) is 0 Å². The summed E-state index contributed by atoms with van der Waals surface area (Å²) in [6.45, 7) is 2.37. The van der Waals surface area contributed by atoms with Gasteiger partial charge < -0.3 is 0 Å². The summed E-state index contributed by atoms with van der Waals surface area (Å²) in [6.07, 6.45) is 0.521. The smallest absolute Gasteiger partial charge is 0.113 e. The summed E-state index contributed by atoms with van der Waals surface area (Å²) in [5, 5.41) is 0. The summed E-state index contributed by atoms with van der Waals surface area (Å²) in [5.74, 6) is -0.000637. The predicted octanol–water partition coefficient (Wildman–Crippen LogP) is 3.47. The minimum Gasteiger partial charge on any atom is -0.294 e. The molecule has 0 aliphatic carbocycles. The highest BCUT2D eigenvalue weighted by molar-refractivity contribution is 9.11. The molecule has 0 fully saturated rings. The molecule has 0 radical (unpaired) electrons. The maximum atomic E-state index is 13.1. The van der Waals surface area contributed by atoms with Crippen LogP contribution in [0.3, 0.4) is 0 Å². The Hall–Kier alpha value is -0.670. The summed E-state index contributed by atoms with van der Waals surface area (Å²) in [4.78, 5) is 2.24. The lowest BCUT2D eigenvalue weighted by molar-refractivity contribution is 0.270. The Morgan fingerprint density at radius 3 is 2.67 bits per heavy atom. The number of halogens is 2. The van der Waals surface area contributed by atoms with Crippen LogP contribution in [0.5, 0.6) is 0 Å². The molecule has 1 aromatic carbocycles. The van der Waals surface area contributed by atoms with E-state index in [9.17, 15) is 4.39 Å². The van der Waals surface area contributed by atoms with Crippen molar-refractivity contribution in [1.29, 1.82) is 0 Å². The lowest BCUT2D eigenvalue weighted by atomic mass is 10.2. The topological polar surface area (TPSA) is 3.24 Å². The molecule has 0 amide bonds. The zero-order chi connectivity index (χ0) is 10.7.